The molecule has 7 heteroatoms. The van der Waals surface area contributed by atoms with Crippen molar-refractivity contribution in [1.29, 1.82) is 0 Å². The van der Waals surface area contributed by atoms with E-state index >= 15 is 0 Å². The zero-order valence-electron chi connectivity index (χ0n) is 20.7. The van der Waals surface area contributed by atoms with Gasteiger partial charge in [-0.05, 0) is 66.9 Å². The molecule has 0 saturated carbocycles. The van der Waals surface area contributed by atoms with Crippen molar-refractivity contribution in [2.24, 2.45) is 5.92 Å². The van der Waals surface area contributed by atoms with Crippen LogP contribution in [0.2, 0.25) is 0 Å². The van der Waals surface area contributed by atoms with Crippen LogP contribution in [0.25, 0.3) is 22.6 Å². The van der Waals surface area contributed by atoms with E-state index in [-0.39, 0.29) is 36.9 Å². The lowest BCUT2D eigenvalue weighted by Gasteiger charge is -2.23. The maximum Gasteiger partial charge on any atom is 0.307 e. The molecule has 0 fully saturated rings. The van der Waals surface area contributed by atoms with Crippen molar-refractivity contribution >= 4 is 23.0 Å². The minimum absolute atomic E-state index is 0.141. The number of rotatable bonds is 10. The number of hydrogen-bond donors (Lipinski definition) is 1. The van der Waals surface area contributed by atoms with Crippen LogP contribution in [0.4, 0.5) is 0 Å². The SMILES string of the molecule is CCOC(=O)CCNC(=O)c1ccc(OC(c2ccc(-c3nc4ccccc4o3)cc2)C(C)C)cc1. The van der Waals surface area contributed by atoms with Gasteiger partial charge >= 0.3 is 5.97 Å². The molecule has 4 rings (SSSR count). The van der Waals surface area contributed by atoms with E-state index in [1.54, 1.807) is 31.2 Å². The minimum atomic E-state index is -0.330. The van der Waals surface area contributed by atoms with Gasteiger partial charge in [-0.25, -0.2) is 4.98 Å². The number of fused-ring (bicyclic) bond motifs is 1. The Morgan fingerprint density at radius 1 is 0.972 bits per heavy atom. The highest BCUT2D eigenvalue weighted by Crippen LogP contribution is 2.31. The summed E-state index contributed by atoms with van der Waals surface area (Å²) in [6, 6.07) is 22.7. The molecular formula is C29H30N2O5. The van der Waals surface area contributed by atoms with Crippen LogP contribution in [0.5, 0.6) is 5.75 Å². The zero-order valence-corrected chi connectivity index (χ0v) is 20.7. The second-order valence-corrected chi connectivity index (χ2v) is 8.73. The van der Waals surface area contributed by atoms with E-state index in [0.29, 0.717) is 23.8 Å². The molecule has 7 nitrogen and oxygen atoms in total. The number of ether oxygens (including phenoxy) is 2. The summed E-state index contributed by atoms with van der Waals surface area (Å²) in [5.41, 5.74) is 4.02. The molecular weight excluding hydrogens is 456 g/mol. The van der Waals surface area contributed by atoms with Gasteiger partial charge in [0.15, 0.2) is 5.58 Å². The van der Waals surface area contributed by atoms with Crippen LogP contribution in [0.15, 0.2) is 77.2 Å². The molecule has 1 amide bonds. The van der Waals surface area contributed by atoms with Crippen molar-refractivity contribution in [2.45, 2.75) is 33.3 Å². The Labute approximate surface area is 210 Å². The van der Waals surface area contributed by atoms with E-state index in [0.717, 1.165) is 22.2 Å². The summed E-state index contributed by atoms with van der Waals surface area (Å²) in [5, 5.41) is 2.73. The van der Waals surface area contributed by atoms with E-state index in [2.05, 4.69) is 24.1 Å². The van der Waals surface area contributed by atoms with Crippen molar-refractivity contribution in [1.82, 2.24) is 10.3 Å². The van der Waals surface area contributed by atoms with Gasteiger partial charge in [0.2, 0.25) is 5.89 Å². The quantitative estimate of drug-likeness (QED) is 0.278. The summed E-state index contributed by atoms with van der Waals surface area (Å²) >= 11 is 0. The van der Waals surface area contributed by atoms with E-state index < -0.39 is 0 Å². The Morgan fingerprint density at radius 3 is 2.36 bits per heavy atom. The maximum atomic E-state index is 12.3. The molecule has 3 aromatic carbocycles. The predicted octanol–water partition coefficient (Wildman–Crippen LogP) is 5.95. The third-order valence-electron chi connectivity index (χ3n) is 5.69. The monoisotopic (exact) mass is 486 g/mol. The summed E-state index contributed by atoms with van der Waals surface area (Å²) in [5.74, 6) is 0.885. The van der Waals surface area contributed by atoms with Crippen molar-refractivity contribution < 1.29 is 23.5 Å². The smallest absolute Gasteiger partial charge is 0.307 e. The van der Waals surface area contributed by atoms with Gasteiger partial charge in [0, 0.05) is 17.7 Å². The second kappa shape index (κ2) is 11.5. The molecule has 0 bridgehead atoms. The Bertz CT molecular complexity index is 1280. The van der Waals surface area contributed by atoms with Crippen LogP contribution in [-0.4, -0.2) is 30.0 Å². The topological polar surface area (TPSA) is 90.7 Å². The average Bonchev–Trinajstić information content (AvgIpc) is 3.32. The summed E-state index contributed by atoms with van der Waals surface area (Å²) in [4.78, 5) is 28.3. The van der Waals surface area contributed by atoms with E-state index in [1.165, 1.54) is 0 Å². The summed E-state index contributed by atoms with van der Waals surface area (Å²) in [6.07, 6.45) is -0.0332. The lowest BCUT2D eigenvalue weighted by molar-refractivity contribution is -0.142. The molecule has 4 aromatic rings. The molecule has 0 saturated heterocycles. The van der Waals surface area contributed by atoms with Crippen LogP contribution >= 0.6 is 0 Å². The first-order valence-corrected chi connectivity index (χ1v) is 12.1. The minimum Gasteiger partial charge on any atom is -0.485 e. The van der Waals surface area contributed by atoms with E-state index in [9.17, 15) is 9.59 Å². The van der Waals surface area contributed by atoms with Gasteiger partial charge in [0.05, 0.1) is 13.0 Å². The molecule has 1 unspecified atom stereocenters. The lowest BCUT2D eigenvalue weighted by Crippen LogP contribution is -2.26. The average molecular weight is 487 g/mol. The van der Waals surface area contributed by atoms with Crippen molar-refractivity contribution in [2.75, 3.05) is 13.2 Å². The number of nitrogens with zero attached hydrogens (tertiary/aromatic N) is 1. The highest BCUT2D eigenvalue weighted by atomic mass is 16.5. The number of oxazole rings is 1. The molecule has 1 atom stereocenters. The summed E-state index contributed by atoms with van der Waals surface area (Å²) in [6.45, 7) is 6.51. The number of para-hydroxylation sites is 2. The van der Waals surface area contributed by atoms with E-state index in [4.69, 9.17) is 13.9 Å². The molecule has 0 aliphatic heterocycles. The third kappa shape index (κ3) is 6.10. The fourth-order valence-corrected chi connectivity index (χ4v) is 3.84. The molecule has 0 aliphatic carbocycles. The second-order valence-electron chi connectivity index (χ2n) is 8.73. The molecule has 0 aliphatic rings. The predicted molar refractivity (Wildman–Crippen MR) is 138 cm³/mol. The van der Waals surface area contributed by atoms with Gasteiger partial charge in [0.1, 0.15) is 17.4 Å². The number of amides is 1. The van der Waals surface area contributed by atoms with Crippen molar-refractivity contribution in [3.63, 3.8) is 0 Å². The fraction of sp³-hybridized carbons (Fsp3) is 0.276. The fourth-order valence-electron chi connectivity index (χ4n) is 3.84. The lowest BCUT2D eigenvalue weighted by atomic mass is 9.97. The van der Waals surface area contributed by atoms with Crippen LogP contribution < -0.4 is 10.1 Å². The molecule has 1 aromatic heterocycles. The van der Waals surface area contributed by atoms with E-state index in [1.807, 2.05) is 48.5 Å². The molecule has 1 N–H and O–H groups in total. The van der Waals surface area contributed by atoms with Gasteiger partial charge < -0.3 is 19.2 Å². The number of benzene rings is 3. The van der Waals surface area contributed by atoms with Gasteiger partial charge in [-0.2, -0.15) is 0 Å². The summed E-state index contributed by atoms with van der Waals surface area (Å²) in [7, 11) is 0. The van der Waals surface area contributed by atoms with Gasteiger partial charge in [-0.15, -0.1) is 0 Å². The zero-order chi connectivity index (χ0) is 25.5. The Hall–Kier alpha value is -4.13. The normalized spacial score (nSPS) is 11.9. The Morgan fingerprint density at radius 2 is 1.69 bits per heavy atom. The van der Waals surface area contributed by atoms with Crippen molar-refractivity contribution in [3.8, 4) is 17.2 Å². The van der Waals surface area contributed by atoms with Gasteiger partial charge in [-0.3, -0.25) is 9.59 Å². The van der Waals surface area contributed by atoms with Crippen LogP contribution in [0.1, 0.15) is 49.2 Å². The Kier molecular flexibility index (Phi) is 8.00. The highest BCUT2D eigenvalue weighted by molar-refractivity contribution is 5.94. The van der Waals surface area contributed by atoms with Crippen LogP contribution in [0.3, 0.4) is 0 Å². The molecule has 0 spiro atoms. The number of aromatic nitrogens is 1. The number of carbonyl (C=O) groups excluding carboxylic acids is 2. The van der Waals surface area contributed by atoms with Crippen LogP contribution in [-0.2, 0) is 9.53 Å². The number of esters is 1. The first-order chi connectivity index (χ1) is 17.4. The number of nitrogens with one attached hydrogen (secondary N) is 1. The molecule has 0 radical (unpaired) electrons. The molecule has 36 heavy (non-hydrogen) atoms. The summed E-state index contributed by atoms with van der Waals surface area (Å²) < 4.78 is 17.0. The maximum absolute atomic E-state index is 12.3. The van der Waals surface area contributed by atoms with Crippen LogP contribution in [0, 0.1) is 5.92 Å². The van der Waals surface area contributed by atoms with Crippen molar-refractivity contribution in [3.05, 3.63) is 83.9 Å². The molecule has 186 valence electrons. The van der Waals surface area contributed by atoms with Gasteiger partial charge in [0.25, 0.3) is 5.91 Å². The standard InChI is InChI=1S/C29H30N2O5/c1-4-34-26(32)17-18-30-28(33)21-13-15-23(16-14-21)35-27(19(2)3)20-9-11-22(12-10-20)29-31-24-7-5-6-8-25(24)36-29/h5-16,19,27H,4,17-18H2,1-3H3,(H,30,33). The first-order valence-electron chi connectivity index (χ1n) is 12.1. The first kappa shape index (κ1) is 25.0. The van der Waals surface area contributed by atoms with Gasteiger partial charge in [-0.1, -0.05) is 38.1 Å². The Balaban J connectivity index is 1.40. The molecule has 1 heterocycles. The highest BCUT2D eigenvalue weighted by Gasteiger charge is 2.19. The largest absolute Gasteiger partial charge is 0.485 e. The number of hydrogen-bond acceptors (Lipinski definition) is 6. The third-order valence-corrected chi connectivity index (χ3v) is 5.69. The number of carbonyl (C=O) groups is 2.